The molecule has 0 bridgehead atoms. The summed E-state index contributed by atoms with van der Waals surface area (Å²) in [5, 5.41) is 17.9. The summed E-state index contributed by atoms with van der Waals surface area (Å²) in [6, 6.07) is 9.04. The van der Waals surface area contributed by atoms with Crippen molar-refractivity contribution in [3.05, 3.63) is 43.8 Å². The van der Waals surface area contributed by atoms with Crippen molar-refractivity contribution in [3.8, 4) is 18.4 Å². The van der Waals surface area contributed by atoms with Crippen LogP contribution >= 0.6 is 11.3 Å². The van der Waals surface area contributed by atoms with Crippen molar-refractivity contribution in [2.75, 3.05) is 36.8 Å². The molecule has 3 rings (SSSR count). The van der Waals surface area contributed by atoms with Gasteiger partial charge in [-0.3, -0.25) is 23.9 Å². The van der Waals surface area contributed by atoms with Gasteiger partial charge in [0.05, 0.1) is 13.1 Å². The summed E-state index contributed by atoms with van der Waals surface area (Å²) in [5.41, 5.74) is 0.836. The van der Waals surface area contributed by atoms with E-state index >= 15 is 0 Å². The monoisotopic (exact) mass is 478 g/mol. The second-order valence-corrected chi connectivity index (χ2v) is 8.63. The number of terminal acetylenes is 1. The van der Waals surface area contributed by atoms with Crippen LogP contribution in [0, 0.1) is 23.7 Å². The van der Waals surface area contributed by atoms with Crippen LogP contribution < -0.4 is 30.7 Å². The van der Waals surface area contributed by atoms with E-state index in [0.717, 1.165) is 37.3 Å². The van der Waals surface area contributed by atoms with Crippen LogP contribution in [-0.2, 0) is 16.1 Å². The standard InChI is InChI=1S/C24H26N6O3S/c1-3-10-26-22(32)19(14-25)24-30(4-2)23(33)20(34-24)15-27-17-8-7-9-18(13-17)28-21(31)16-29-11-5-6-12-29/h1,7-9,13,15,27H,4-6,10-12,16H2,2H3,(H,26,32)(H,28,31). The Kier molecular flexibility index (Phi) is 8.63. The van der Waals surface area contributed by atoms with Crippen LogP contribution in [-0.4, -0.2) is 47.5 Å². The Labute approximate surface area is 201 Å². The SMILES string of the molecule is C#CCNC(=O)C(C#N)=c1sc(=CNc2cccc(NC(=O)CN3CCCC3)c2)c(=O)n1CC. The highest BCUT2D eigenvalue weighted by Gasteiger charge is 2.16. The number of rotatable bonds is 8. The first kappa shape index (κ1) is 24.8. The van der Waals surface area contributed by atoms with Crippen molar-refractivity contribution < 1.29 is 9.59 Å². The maximum absolute atomic E-state index is 12.8. The Hall–Kier alpha value is -3.86. The second-order valence-electron chi connectivity index (χ2n) is 7.60. The first-order chi connectivity index (χ1) is 16.5. The number of thiazole rings is 1. The summed E-state index contributed by atoms with van der Waals surface area (Å²) in [6.45, 7) is 4.29. The fraction of sp³-hybridized carbons (Fsp3) is 0.333. The van der Waals surface area contributed by atoms with Gasteiger partial charge in [-0.25, -0.2) is 0 Å². The van der Waals surface area contributed by atoms with E-state index < -0.39 is 5.91 Å². The van der Waals surface area contributed by atoms with Crippen LogP contribution in [0.2, 0.25) is 0 Å². The lowest BCUT2D eigenvalue weighted by Gasteiger charge is -2.14. The molecule has 34 heavy (non-hydrogen) atoms. The Morgan fingerprint density at radius 3 is 2.68 bits per heavy atom. The van der Waals surface area contributed by atoms with E-state index in [2.05, 4.69) is 26.8 Å². The third kappa shape index (κ3) is 6.13. The van der Waals surface area contributed by atoms with Gasteiger partial charge in [-0.2, -0.15) is 5.26 Å². The molecule has 2 aromatic rings. The topological polar surface area (TPSA) is 119 Å². The summed E-state index contributed by atoms with van der Waals surface area (Å²) >= 11 is 1.04. The first-order valence-corrected chi connectivity index (χ1v) is 11.7. The molecule has 1 aliphatic heterocycles. The average Bonchev–Trinajstić information content (AvgIpc) is 3.44. The van der Waals surface area contributed by atoms with E-state index in [1.165, 1.54) is 10.8 Å². The number of aromatic nitrogens is 1. The van der Waals surface area contributed by atoms with E-state index in [1.54, 1.807) is 31.2 Å². The largest absolute Gasteiger partial charge is 0.360 e. The van der Waals surface area contributed by atoms with Gasteiger partial charge in [0, 0.05) is 24.1 Å². The van der Waals surface area contributed by atoms with Crippen LogP contribution in [0.25, 0.3) is 11.8 Å². The summed E-state index contributed by atoms with van der Waals surface area (Å²) in [7, 11) is 0. The van der Waals surface area contributed by atoms with E-state index in [1.807, 2.05) is 6.07 Å². The molecular formula is C24H26N6O3S. The summed E-state index contributed by atoms with van der Waals surface area (Å²) in [5.74, 6) is 1.59. The van der Waals surface area contributed by atoms with Gasteiger partial charge in [0.15, 0.2) is 5.57 Å². The van der Waals surface area contributed by atoms with Gasteiger partial charge in [-0.1, -0.05) is 12.0 Å². The minimum atomic E-state index is -0.624. The number of benzene rings is 1. The molecule has 176 valence electrons. The average molecular weight is 479 g/mol. The normalized spacial score (nSPS) is 14.7. The van der Waals surface area contributed by atoms with Crippen LogP contribution in [0.4, 0.5) is 11.4 Å². The number of anilines is 2. The molecule has 0 saturated carbocycles. The summed E-state index contributed by atoms with van der Waals surface area (Å²) in [4.78, 5) is 39.5. The zero-order chi connectivity index (χ0) is 24.5. The lowest BCUT2D eigenvalue weighted by atomic mass is 10.2. The fourth-order valence-electron chi connectivity index (χ4n) is 3.59. The highest BCUT2D eigenvalue weighted by Crippen LogP contribution is 2.15. The van der Waals surface area contributed by atoms with E-state index in [9.17, 15) is 19.6 Å². The predicted molar refractivity (Wildman–Crippen MR) is 133 cm³/mol. The lowest BCUT2D eigenvalue weighted by molar-refractivity contribution is -0.117. The number of nitrogens with zero attached hydrogens (tertiary/aromatic N) is 3. The molecule has 0 radical (unpaired) electrons. The highest BCUT2D eigenvalue weighted by molar-refractivity contribution is 7.07. The van der Waals surface area contributed by atoms with Crippen molar-refractivity contribution in [1.29, 1.82) is 5.26 Å². The molecular weight excluding hydrogens is 452 g/mol. The summed E-state index contributed by atoms with van der Waals surface area (Å²) in [6.07, 6.45) is 8.93. The number of hydrogen-bond acceptors (Lipinski definition) is 7. The molecule has 0 aliphatic carbocycles. The van der Waals surface area contributed by atoms with Crippen LogP contribution in [0.1, 0.15) is 19.8 Å². The van der Waals surface area contributed by atoms with Crippen molar-refractivity contribution in [3.63, 3.8) is 0 Å². The minimum Gasteiger partial charge on any atom is -0.360 e. The molecule has 1 saturated heterocycles. The van der Waals surface area contributed by atoms with Crippen molar-refractivity contribution in [2.45, 2.75) is 26.3 Å². The number of carbonyl (C=O) groups excluding carboxylic acids is 2. The molecule has 2 heterocycles. The van der Waals surface area contributed by atoms with Gasteiger partial charge in [-0.15, -0.1) is 17.8 Å². The Morgan fingerprint density at radius 1 is 1.26 bits per heavy atom. The molecule has 2 amide bonds. The summed E-state index contributed by atoms with van der Waals surface area (Å²) < 4.78 is 1.97. The first-order valence-electron chi connectivity index (χ1n) is 10.9. The third-order valence-electron chi connectivity index (χ3n) is 5.21. The van der Waals surface area contributed by atoms with Gasteiger partial charge in [0.2, 0.25) is 5.91 Å². The molecule has 1 aliphatic rings. The maximum Gasteiger partial charge on any atom is 0.270 e. The third-order valence-corrected chi connectivity index (χ3v) is 6.34. The maximum atomic E-state index is 12.8. The second kappa shape index (κ2) is 11.8. The molecule has 1 aromatic heterocycles. The molecule has 9 nitrogen and oxygen atoms in total. The Morgan fingerprint density at radius 2 is 2.00 bits per heavy atom. The zero-order valence-corrected chi connectivity index (χ0v) is 19.7. The van der Waals surface area contributed by atoms with E-state index in [0.29, 0.717) is 29.0 Å². The molecule has 0 spiro atoms. The Balaban J connectivity index is 1.82. The van der Waals surface area contributed by atoms with Gasteiger partial charge in [-0.05, 0) is 51.1 Å². The smallest absolute Gasteiger partial charge is 0.270 e. The van der Waals surface area contributed by atoms with Gasteiger partial charge < -0.3 is 16.0 Å². The molecule has 0 unspecified atom stereocenters. The Bertz CT molecular complexity index is 1320. The lowest BCUT2D eigenvalue weighted by Crippen LogP contribution is -2.34. The fourth-order valence-corrected chi connectivity index (χ4v) is 4.67. The molecule has 0 atom stereocenters. The number of hydrogen-bond donors (Lipinski definition) is 3. The van der Waals surface area contributed by atoms with Crippen molar-refractivity contribution in [2.24, 2.45) is 0 Å². The zero-order valence-electron chi connectivity index (χ0n) is 18.9. The molecule has 10 heteroatoms. The van der Waals surface area contributed by atoms with E-state index in [-0.39, 0.29) is 28.2 Å². The number of amides is 2. The number of nitriles is 1. The number of carbonyl (C=O) groups is 2. The minimum absolute atomic E-state index is 0.0167. The molecule has 1 fully saturated rings. The van der Waals surface area contributed by atoms with Crippen LogP contribution in [0.15, 0.2) is 29.1 Å². The quantitative estimate of drug-likeness (QED) is 0.468. The molecule has 1 aromatic carbocycles. The van der Waals surface area contributed by atoms with Crippen LogP contribution in [0.3, 0.4) is 0 Å². The van der Waals surface area contributed by atoms with Crippen LogP contribution in [0.5, 0.6) is 0 Å². The predicted octanol–water partition coefficient (Wildman–Crippen LogP) is 0.238. The van der Waals surface area contributed by atoms with Gasteiger partial charge in [0.1, 0.15) is 15.3 Å². The molecule has 3 N–H and O–H groups in total. The number of likely N-dealkylation sites (tertiary alicyclic amines) is 1. The van der Waals surface area contributed by atoms with Crippen molar-refractivity contribution in [1.82, 2.24) is 14.8 Å². The van der Waals surface area contributed by atoms with Crippen molar-refractivity contribution >= 4 is 46.3 Å². The van der Waals surface area contributed by atoms with Gasteiger partial charge in [0.25, 0.3) is 11.5 Å². The number of nitrogens with one attached hydrogen (secondary N) is 3. The van der Waals surface area contributed by atoms with Gasteiger partial charge >= 0.3 is 0 Å². The highest BCUT2D eigenvalue weighted by atomic mass is 32.1. The van der Waals surface area contributed by atoms with E-state index in [4.69, 9.17) is 6.42 Å².